The molecule has 0 aliphatic rings. The van der Waals surface area contributed by atoms with Crippen molar-refractivity contribution >= 4 is 17.2 Å². The van der Waals surface area contributed by atoms with Gasteiger partial charge in [0.1, 0.15) is 24.7 Å². The quantitative estimate of drug-likeness (QED) is 0.322. The molecule has 0 saturated carbocycles. The number of benzene rings is 3. The molecule has 0 unspecified atom stereocenters. The molecule has 0 bridgehead atoms. The van der Waals surface area contributed by atoms with E-state index in [9.17, 15) is 18.0 Å². The van der Waals surface area contributed by atoms with E-state index in [0.29, 0.717) is 11.3 Å². The highest BCUT2D eigenvalue weighted by Crippen LogP contribution is 2.35. The monoisotopic (exact) mass is 437 g/mol. The molecule has 1 heterocycles. The van der Waals surface area contributed by atoms with Crippen LogP contribution in [0.2, 0.25) is 0 Å². The zero-order valence-corrected chi connectivity index (χ0v) is 16.8. The van der Waals surface area contributed by atoms with E-state index in [0.717, 1.165) is 22.7 Å². The first kappa shape index (κ1) is 21.4. The van der Waals surface area contributed by atoms with Gasteiger partial charge in [-0.2, -0.15) is 13.2 Å². The van der Waals surface area contributed by atoms with E-state index in [1.807, 2.05) is 36.4 Å². The molecule has 32 heavy (non-hydrogen) atoms. The average Bonchev–Trinajstić information content (AvgIpc) is 2.80. The van der Waals surface area contributed by atoms with Crippen molar-refractivity contribution in [2.75, 3.05) is 0 Å². The zero-order valence-electron chi connectivity index (χ0n) is 16.8. The summed E-state index contributed by atoms with van der Waals surface area (Å²) in [7, 11) is 0. The van der Waals surface area contributed by atoms with Gasteiger partial charge in [0, 0.05) is 5.39 Å². The number of hydrogen-bond acceptors (Lipinski definition) is 4. The summed E-state index contributed by atoms with van der Waals surface area (Å²) in [6.45, 7) is 0.242. The van der Waals surface area contributed by atoms with Crippen molar-refractivity contribution in [1.29, 1.82) is 0 Å². The molecule has 3 aromatic carbocycles. The second-order valence-corrected chi connectivity index (χ2v) is 7.05. The van der Waals surface area contributed by atoms with E-state index in [2.05, 4.69) is 4.98 Å². The normalized spacial score (nSPS) is 11.3. The highest BCUT2D eigenvalue weighted by atomic mass is 19.4. The van der Waals surface area contributed by atoms with Crippen LogP contribution < -0.4 is 9.47 Å². The van der Waals surface area contributed by atoms with Gasteiger partial charge in [0.05, 0.1) is 22.3 Å². The maximum atomic E-state index is 13.1. The molecule has 1 aromatic heterocycles. The number of pyridine rings is 1. The average molecular weight is 437 g/mol. The van der Waals surface area contributed by atoms with Gasteiger partial charge in [-0.25, -0.2) is 4.98 Å². The van der Waals surface area contributed by atoms with Gasteiger partial charge in [-0.05, 0) is 42.0 Å². The lowest BCUT2D eigenvalue weighted by molar-refractivity contribution is -0.138. The van der Waals surface area contributed by atoms with E-state index in [1.54, 1.807) is 24.3 Å². The molecule has 0 N–H and O–H groups in total. The minimum absolute atomic E-state index is 0.0203. The number of carbonyl (C=O) groups is 1. The van der Waals surface area contributed by atoms with Gasteiger partial charge in [0.15, 0.2) is 6.29 Å². The third kappa shape index (κ3) is 4.88. The Balaban J connectivity index is 1.44. The Morgan fingerprint density at radius 3 is 2.47 bits per heavy atom. The highest BCUT2D eigenvalue weighted by Gasteiger charge is 2.34. The van der Waals surface area contributed by atoms with Crippen LogP contribution in [0.15, 0.2) is 78.9 Å². The van der Waals surface area contributed by atoms with E-state index >= 15 is 0 Å². The Morgan fingerprint density at radius 1 is 0.844 bits per heavy atom. The fraction of sp³-hybridized carbons (Fsp3) is 0.120. The number of rotatable bonds is 7. The van der Waals surface area contributed by atoms with Gasteiger partial charge in [-0.1, -0.05) is 42.5 Å². The Hall–Kier alpha value is -3.87. The predicted molar refractivity (Wildman–Crippen MR) is 114 cm³/mol. The molecular formula is C25H18F3NO3. The van der Waals surface area contributed by atoms with Gasteiger partial charge in [0.2, 0.25) is 0 Å². The predicted octanol–water partition coefficient (Wildman–Crippen LogP) is 6.22. The third-order valence-electron chi connectivity index (χ3n) is 4.82. The molecule has 0 aliphatic carbocycles. The number of fused-ring (bicyclic) bond motifs is 1. The first-order valence-corrected chi connectivity index (χ1v) is 9.78. The number of alkyl halides is 3. The van der Waals surface area contributed by atoms with Crippen molar-refractivity contribution in [2.45, 2.75) is 19.4 Å². The lowest BCUT2D eigenvalue weighted by Gasteiger charge is -2.14. The largest absolute Gasteiger partial charge is 0.488 e. The maximum absolute atomic E-state index is 13.1. The Kier molecular flexibility index (Phi) is 6.07. The van der Waals surface area contributed by atoms with E-state index in [-0.39, 0.29) is 25.2 Å². The van der Waals surface area contributed by atoms with Crippen molar-refractivity contribution in [2.24, 2.45) is 0 Å². The van der Waals surface area contributed by atoms with Crippen molar-refractivity contribution in [3.05, 3.63) is 101 Å². The zero-order chi connectivity index (χ0) is 22.6. The molecule has 4 aromatic rings. The molecule has 0 atom stereocenters. The molecular weight excluding hydrogens is 419 g/mol. The van der Waals surface area contributed by atoms with E-state index in [4.69, 9.17) is 9.47 Å². The number of hydrogen-bond donors (Lipinski definition) is 0. The minimum atomic E-state index is -4.64. The summed E-state index contributed by atoms with van der Waals surface area (Å²) in [5, 5.41) is 1.04. The van der Waals surface area contributed by atoms with Gasteiger partial charge in [0.25, 0.3) is 0 Å². The lowest BCUT2D eigenvalue weighted by atomic mass is 10.1. The van der Waals surface area contributed by atoms with Crippen LogP contribution in [0, 0.1) is 0 Å². The summed E-state index contributed by atoms with van der Waals surface area (Å²) in [6, 6.07) is 22.1. The smallest absolute Gasteiger partial charge is 0.417 e. The van der Waals surface area contributed by atoms with Crippen LogP contribution in [-0.2, 0) is 19.4 Å². The molecule has 0 amide bonds. The Labute approximate surface area is 182 Å². The summed E-state index contributed by atoms with van der Waals surface area (Å²) < 4.78 is 50.7. The second-order valence-electron chi connectivity index (χ2n) is 7.05. The number of para-hydroxylation sites is 1. The van der Waals surface area contributed by atoms with E-state index < -0.39 is 17.3 Å². The summed E-state index contributed by atoms with van der Waals surface area (Å²) >= 11 is 0. The SMILES string of the molecule is O=Cc1c(OCc2cccc(OCc3ccc4ccccc4n3)c2)cccc1C(F)(F)F. The van der Waals surface area contributed by atoms with Gasteiger partial charge < -0.3 is 9.47 Å². The van der Waals surface area contributed by atoms with Crippen LogP contribution in [0.3, 0.4) is 0 Å². The second kappa shape index (κ2) is 9.09. The van der Waals surface area contributed by atoms with Crippen LogP contribution in [0.5, 0.6) is 11.5 Å². The molecule has 162 valence electrons. The number of aromatic nitrogens is 1. The Bertz CT molecular complexity index is 1250. The van der Waals surface area contributed by atoms with Gasteiger partial charge in [-0.3, -0.25) is 4.79 Å². The molecule has 4 rings (SSSR count). The molecule has 0 aliphatic heterocycles. The van der Waals surface area contributed by atoms with Crippen LogP contribution in [0.25, 0.3) is 10.9 Å². The first-order chi connectivity index (χ1) is 15.4. The van der Waals surface area contributed by atoms with Gasteiger partial charge >= 0.3 is 6.18 Å². The Morgan fingerprint density at radius 2 is 1.66 bits per heavy atom. The fourth-order valence-electron chi connectivity index (χ4n) is 3.27. The fourth-order valence-corrected chi connectivity index (χ4v) is 3.27. The van der Waals surface area contributed by atoms with Crippen molar-refractivity contribution in [1.82, 2.24) is 4.98 Å². The van der Waals surface area contributed by atoms with Crippen LogP contribution in [-0.4, -0.2) is 11.3 Å². The lowest BCUT2D eigenvalue weighted by Crippen LogP contribution is -2.10. The van der Waals surface area contributed by atoms with Crippen LogP contribution >= 0.6 is 0 Å². The summed E-state index contributed by atoms with van der Waals surface area (Å²) in [6.07, 6.45) is -4.48. The number of ether oxygens (including phenoxy) is 2. The first-order valence-electron chi connectivity index (χ1n) is 9.78. The van der Waals surface area contributed by atoms with Crippen molar-refractivity contribution in [3.8, 4) is 11.5 Å². The molecule has 0 radical (unpaired) electrons. The van der Waals surface area contributed by atoms with Crippen LogP contribution in [0.4, 0.5) is 13.2 Å². The molecule has 0 fully saturated rings. The minimum Gasteiger partial charge on any atom is -0.488 e. The highest BCUT2D eigenvalue weighted by molar-refractivity contribution is 5.82. The summed E-state index contributed by atoms with van der Waals surface area (Å²) in [5.74, 6) is 0.447. The number of aldehydes is 1. The topological polar surface area (TPSA) is 48.4 Å². The van der Waals surface area contributed by atoms with Gasteiger partial charge in [-0.15, -0.1) is 0 Å². The van der Waals surface area contributed by atoms with Crippen molar-refractivity contribution < 1.29 is 27.4 Å². The van der Waals surface area contributed by atoms with Crippen LogP contribution in [0.1, 0.15) is 27.2 Å². The van der Waals surface area contributed by atoms with E-state index in [1.165, 1.54) is 12.1 Å². The summed E-state index contributed by atoms with van der Waals surface area (Å²) in [5.41, 5.74) is 0.788. The molecule has 0 saturated heterocycles. The standard InChI is InChI=1S/C25H18F3NO3/c26-25(27,28)22-8-4-10-24(21(22)14-30)32-15-17-5-3-7-20(13-17)31-16-19-12-11-18-6-1-2-9-23(18)29-19/h1-14H,15-16H2. The maximum Gasteiger partial charge on any atom is 0.417 e. The van der Waals surface area contributed by atoms with Crippen molar-refractivity contribution in [3.63, 3.8) is 0 Å². The summed E-state index contributed by atoms with van der Waals surface area (Å²) in [4.78, 5) is 15.8. The third-order valence-corrected chi connectivity index (χ3v) is 4.82. The number of carbonyl (C=O) groups excluding carboxylic acids is 1. The number of nitrogens with zero attached hydrogens (tertiary/aromatic N) is 1. The number of halogens is 3. The molecule has 7 heteroatoms. The molecule has 0 spiro atoms. The molecule has 4 nitrogen and oxygen atoms in total.